The van der Waals surface area contributed by atoms with Crippen molar-refractivity contribution in [1.29, 1.82) is 0 Å². The number of hydrogen-bond acceptors (Lipinski definition) is 5. The molecule has 7 nitrogen and oxygen atoms in total. The smallest absolute Gasteiger partial charge is 0.292 e. The quantitative estimate of drug-likeness (QED) is 0.719. The van der Waals surface area contributed by atoms with E-state index in [0.717, 1.165) is 22.2 Å². The van der Waals surface area contributed by atoms with Crippen molar-refractivity contribution < 1.29 is 14.3 Å². The van der Waals surface area contributed by atoms with Gasteiger partial charge in [0.05, 0.1) is 36.0 Å². The van der Waals surface area contributed by atoms with Crippen LogP contribution in [0.15, 0.2) is 18.3 Å². The van der Waals surface area contributed by atoms with Crippen molar-refractivity contribution in [3.05, 3.63) is 45.5 Å². The van der Waals surface area contributed by atoms with Gasteiger partial charge in [-0.15, -0.1) is 0 Å². The van der Waals surface area contributed by atoms with Gasteiger partial charge < -0.3 is 19.4 Å². The van der Waals surface area contributed by atoms with Crippen LogP contribution in [-0.4, -0.2) is 46.5 Å². The van der Waals surface area contributed by atoms with Gasteiger partial charge in [-0.1, -0.05) is 29.3 Å². The molecule has 1 N–H and O–H groups in total. The van der Waals surface area contributed by atoms with Crippen LogP contribution < -0.4 is 9.47 Å². The minimum atomic E-state index is -0.268. The van der Waals surface area contributed by atoms with Crippen molar-refractivity contribution in [3.8, 4) is 11.6 Å². The molecule has 0 aliphatic carbocycles. The molecule has 0 saturated carbocycles. The number of methoxy groups -OCH3 is 2. The number of rotatable bonds is 3. The fourth-order valence-corrected chi connectivity index (χ4v) is 3.65. The highest BCUT2D eigenvalue weighted by molar-refractivity contribution is 6.45. The number of carbonyl (C=O) groups is 1. The normalized spacial score (nSPS) is 13.6. The largest absolute Gasteiger partial charge is 0.490 e. The Morgan fingerprint density at radius 2 is 2.07 bits per heavy atom. The first-order chi connectivity index (χ1) is 13.0. The monoisotopic (exact) mass is 406 g/mol. The molecule has 1 aliphatic rings. The molecular formula is C18H16Cl2N4O3. The van der Waals surface area contributed by atoms with Crippen LogP contribution in [0.4, 0.5) is 0 Å². The highest BCUT2D eigenvalue weighted by Gasteiger charge is 2.27. The van der Waals surface area contributed by atoms with Crippen LogP contribution in [0.5, 0.6) is 11.6 Å². The summed E-state index contributed by atoms with van der Waals surface area (Å²) in [6.45, 7) is 0.978. The summed E-state index contributed by atoms with van der Waals surface area (Å²) in [6, 6.07) is 3.68. The number of fused-ring (bicyclic) bond motifs is 3. The molecule has 0 saturated heterocycles. The lowest BCUT2D eigenvalue weighted by atomic mass is 10.0. The van der Waals surface area contributed by atoms with Gasteiger partial charge in [0, 0.05) is 36.2 Å². The maximum Gasteiger partial charge on any atom is 0.292 e. The van der Waals surface area contributed by atoms with E-state index in [-0.39, 0.29) is 17.6 Å². The Hall–Kier alpha value is -2.51. The highest BCUT2D eigenvalue weighted by Crippen LogP contribution is 2.35. The van der Waals surface area contributed by atoms with E-state index in [9.17, 15) is 4.79 Å². The molecular weight excluding hydrogens is 391 g/mol. The zero-order chi connectivity index (χ0) is 19.1. The lowest BCUT2D eigenvalue weighted by Gasteiger charge is -2.26. The number of benzene rings is 1. The number of nitrogens with one attached hydrogen (secondary N) is 1. The van der Waals surface area contributed by atoms with Crippen LogP contribution in [0.2, 0.25) is 10.0 Å². The van der Waals surface area contributed by atoms with E-state index >= 15 is 0 Å². The number of amides is 1. The molecule has 140 valence electrons. The molecule has 1 amide bonds. The molecule has 0 atom stereocenters. The van der Waals surface area contributed by atoms with E-state index in [1.54, 1.807) is 11.0 Å². The molecule has 2 aromatic heterocycles. The van der Waals surface area contributed by atoms with Gasteiger partial charge in [-0.2, -0.15) is 4.98 Å². The van der Waals surface area contributed by atoms with Crippen LogP contribution in [0.1, 0.15) is 21.9 Å². The first-order valence-corrected chi connectivity index (χ1v) is 9.00. The average molecular weight is 407 g/mol. The van der Waals surface area contributed by atoms with E-state index < -0.39 is 0 Å². The van der Waals surface area contributed by atoms with Gasteiger partial charge in [-0.05, 0) is 6.07 Å². The van der Waals surface area contributed by atoms with Gasteiger partial charge in [-0.3, -0.25) is 4.79 Å². The summed E-state index contributed by atoms with van der Waals surface area (Å²) in [7, 11) is 2.95. The summed E-state index contributed by atoms with van der Waals surface area (Å²) in [5, 5.41) is 1.95. The highest BCUT2D eigenvalue weighted by atomic mass is 35.5. The maximum atomic E-state index is 12.9. The molecule has 3 heterocycles. The minimum absolute atomic E-state index is 0.0667. The van der Waals surface area contributed by atoms with E-state index in [1.165, 1.54) is 20.4 Å². The predicted molar refractivity (Wildman–Crippen MR) is 102 cm³/mol. The molecule has 1 aromatic carbocycles. The van der Waals surface area contributed by atoms with Crippen molar-refractivity contribution in [2.45, 2.75) is 13.0 Å². The molecule has 0 fully saturated rings. The van der Waals surface area contributed by atoms with Crippen LogP contribution in [0.25, 0.3) is 10.9 Å². The van der Waals surface area contributed by atoms with E-state index in [0.29, 0.717) is 35.3 Å². The summed E-state index contributed by atoms with van der Waals surface area (Å²) in [4.78, 5) is 26.2. The zero-order valence-corrected chi connectivity index (χ0v) is 16.2. The van der Waals surface area contributed by atoms with Crippen LogP contribution >= 0.6 is 23.2 Å². The van der Waals surface area contributed by atoms with Crippen molar-refractivity contribution in [1.82, 2.24) is 19.9 Å². The molecule has 27 heavy (non-hydrogen) atoms. The number of aromatic nitrogens is 3. The van der Waals surface area contributed by atoms with Crippen LogP contribution in [-0.2, 0) is 13.0 Å². The summed E-state index contributed by atoms with van der Waals surface area (Å²) in [6.07, 6.45) is 2.11. The van der Waals surface area contributed by atoms with E-state index in [1.807, 2.05) is 6.07 Å². The minimum Gasteiger partial charge on any atom is -0.490 e. The first-order valence-electron chi connectivity index (χ1n) is 8.25. The zero-order valence-electron chi connectivity index (χ0n) is 14.7. The molecule has 0 spiro atoms. The van der Waals surface area contributed by atoms with Crippen molar-refractivity contribution >= 4 is 40.0 Å². The summed E-state index contributed by atoms with van der Waals surface area (Å²) >= 11 is 12.4. The Labute approximate surface area is 165 Å². The second-order valence-electron chi connectivity index (χ2n) is 6.11. The Balaban J connectivity index is 1.66. The fraction of sp³-hybridized carbons (Fsp3) is 0.278. The summed E-state index contributed by atoms with van der Waals surface area (Å²) in [5.74, 6) is 0.397. The molecule has 9 heteroatoms. The predicted octanol–water partition coefficient (Wildman–Crippen LogP) is 3.48. The number of ether oxygens (including phenoxy) is 2. The molecule has 4 rings (SSSR count). The van der Waals surface area contributed by atoms with Gasteiger partial charge >= 0.3 is 0 Å². The molecule has 0 unspecified atom stereocenters. The molecule has 3 aromatic rings. The van der Waals surface area contributed by atoms with Crippen LogP contribution in [0.3, 0.4) is 0 Å². The Bertz CT molecular complexity index is 1050. The molecule has 0 radical (unpaired) electrons. The topological polar surface area (TPSA) is 80.3 Å². The molecule has 1 aliphatic heterocycles. The lowest BCUT2D eigenvalue weighted by molar-refractivity contribution is 0.0721. The van der Waals surface area contributed by atoms with Crippen LogP contribution in [0, 0.1) is 0 Å². The SMILES string of the molecule is COc1cnc(C(=O)N2CCc3[nH]c4c(Cl)c(Cl)ccc4c3C2)nc1OC. The third kappa shape index (κ3) is 2.96. The van der Waals surface area contributed by atoms with Gasteiger partial charge in [0.25, 0.3) is 11.8 Å². The van der Waals surface area contributed by atoms with E-state index in [4.69, 9.17) is 32.7 Å². The number of aromatic amines is 1. The maximum absolute atomic E-state index is 12.9. The Morgan fingerprint density at radius 3 is 2.81 bits per heavy atom. The number of halogens is 2. The number of hydrogen-bond donors (Lipinski definition) is 1. The lowest BCUT2D eigenvalue weighted by Crippen LogP contribution is -2.36. The van der Waals surface area contributed by atoms with Crippen molar-refractivity contribution in [2.75, 3.05) is 20.8 Å². The van der Waals surface area contributed by atoms with E-state index in [2.05, 4.69) is 15.0 Å². The van der Waals surface area contributed by atoms with Gasteiger partial charge in [0.1, 0.15) is 0 Å². The molecule has 0 bridgehead atoms. The first kappa shape index (κ1) is 17.9. The number of H-pyrrole nitrogens is 1. The second kappa shape index (κ2) is 6.90. The Kier molecular flexibility index (Phi) is 4.57. The summed E-state index contributed by atoms with van der Waals surface area (Å²) in [5.41, 5.74) is 2.89. The standard InChI is InChI=1S/C18H16Cl2N4O3/c1-26-13-7-21-16(23-17(13)27-2)18(25)24-6-5-12-10(8-24)9-3-4-11(19)14(20)15(9)22-12/h3-4,7,22H,5-6,8H2,1-2H3. The number of nitrogens with zero attached hydrogens (tertiary/aromatic N) is 3. The fourth-order valence-electron chi connectivity index (χ4n) is 3.28. The Morgan fingerprint density at radius 1 is 1.26 bits per heavy atom. The second-order valence-corrected chi connectivity index (χ2v) is 6.90. The van der Waals surface area contributed by atoms with Gasteiger partial charge in [0.15, 0.2) is 5.75 Å². The number of carbonyl (C=O) groups excluding carboxylic acids is 1. The van der Waals surface area contributed by atoms with Crippen molar-refractivity contribution in [2.24, 2.45) is 0 Å². The third-order valence-electron chi connectivity index (χ3n) is 4.65. The van der Waals surface area contributed by atoms with Crippen molar-refractivity contribution in [3.63, 3.8) is 0 Å². The van der Waals surface area contributed by atoms with Gasteiger partial charge in [-0.25, -0.2) is 4.98 Å². The third-order valence-corrected chi connectivity index (χ3v) is 5.46. The van der Waals surface area contributed by atoms with Gasteiger partial charge in [0.2, 0.25) is 5.82 Å². The summed E-state index contributed by atoms with van der Waals surface area (Å²) < 4.78 is 10.3. The average Bonchev–Trinajstić information content (AvgIpc) is 3.08.